The minimum Gasteiger partial charge on any atom is -0.369 e. The van der Waals surface area contributed by atoms with Crippen LogP contribution in [0.5, 0.6) is 0 Å². The normalized spacial score (nSPS) is 18.0. The number of nitrogens with two attached hydrogens (primary N) is 1. The first-order valence-electron chi connectivity index (χ1n) is 6.98. The molecule has 0 saturated heterocycles. The van der Waals surface area contributed by atoms with Gasteiger partial charge in [0.25, 0.3) is 0 Å². The van der Waals surface area contributed by atoms with Crippen molar-refractivity contribution in [2.75, 3.05) is 11.4 Å². The zero-order valence-corrected chi connectivity index (χ0v) is 13.8. The van der Waals surface area contributed by atoms with E-state index in [0.29, 0.717) is 12.5 Å². The molecule has 0 aliphatic carbocycles. The third-order valence-electron chi connectivity index (χ3n) is 4.01. The Morgan fingerprint density at radius 1 is 1.10 bits per heavy atom. The van der Waals surface area contributed by atoms with E-state index in [9.17, 15) is 0 Å². The van der Waals surface area contributed by atoms with Crippen LogP contribution in [0.3, 0.4) is 0 Å². The fraction of sp³-hybridized carbons (Fsp3) is 0.235. The SMILES string of the molecule is Cc1ccc(C2CN=C(N)N2c2ccc(Br)cc2)cc1C. The van der Waals surface area contributed by atoms with Crippen molar-refractivity contribution in [1.29, 1.82) is 0 Å². The van der Waals surface area contributed by atoms with Crippen molar-refractivity contribution in [3.63, 3.8) is 0 Å². The van der Waals surface area contributed by atoms with Crippen LogP contribution in [0.4, 0.5) is 5.69 Å². The highest BCUT2D eigenvalue weighted by molar-refractivity contribution is 9.10. The van der Waals surface area contributed by atoms with Crippen LogP contribution in [0.15, 0.2) is 51.9 Å². The van der Waals surface area contributed by atoms with E-state index >= 15 is 0 Å². The number of anilines is 1. The summed E-state index contributed by atoms with van der Waals surface area (Å²) >= 11 is 3.47. The molecule has 108 valence electrons. The minimum atomic E-state index is 0.172. The molecule has 3 nitrogen and oxygen atoms in total. The highest BCUT2D eigenvalue weighted by Gasteiger charge is 2.28. The first kappa shape index (κ1) is 14.1. The van der Waals surface area contributed by atoms with Crippen LogP contribution >= 0.6 is 15.9 Å². The summed E-state index contributed by atoms with van der Waals surface area (Å²) in [4.78, 5) is 6.54. The lowest BCUT2D eigenvalue weighted by Gasteiger charge is -2.27. The summed E-state index contributed by atoms with van der Waals surface area (Å²) in [7, 11) is 0. The standard InChI is InChI=1S/C17H18BrN3/c1-11-3-4-13(9-12(11)2)16-10-20-17(19)21(16)15-7-5-14(18)6-8-15/h3-9,16H,10H2,1-2H3,(H2,19,20). The zero-order valence-electron chi connectivity index (χ0n) is 12.2. The molecular weight excluding hydrogens is 326 g/mol. The molecule has 2 aromatic rings. The minimum absolute atomic E-state index is 0.172. The molecule has 0 amide bonds. The smallest absolute Gasteiger partial charge is 0.196 e. The molecule has 4 heteroatoms. The highest BCUT2D eigenvalue weighted by atomic mass is 79.9. The predicted molar refractivity (Wildman–Crippen MR) is 91.8 cm³/mol. The van der Waals surface area contributed by atoms with E-state index in [2.05, 4.69) is 70.0 Å². The number of aliphatic imine (C=N–C) groups is 1. The lowest BCUT2D eigenvalue weighted by atomic mass is 10.00. The number of guanidine groups is 1. The van der Waals surface area contributed by atoms with Crippen molar-refractivity contribution in [1.82, 2.24) is 0 Å². The molecule has 3 rings (SSSR count). The second kappa shape index (κ2) is 5.53. The Labute approximate surface area is 133 Å². The Morgan fingerprint density at radius 3 is 2.48 bits per heavy atom. The number of hydrogen-bond donors (Lipinski definition) is 1. The quantitative estimate of drug-likeness (QED) is 0.897. The molecule has 21 heavy (non-hydrogen) atoms. The molecule has 0 saturated carbocycles. The molecule has 0 bridgehead atoms. The number of nitrogens with zero attached hydrogens (tertiary/aromatic N) is 2. The molecule has 2 aromatic carbocycles. The Balaban J connectivity index is 1.98. The van der Waals surface area contributed by atoms with Gasteiger partial charge in [-0.3, -0.25) is 4.99 Å². The van der Waals surface area contributed by atoms with E-state index in [1.807, 2.05) is 12.1 Å². The molecule has 0 radical (unpaired) electrons. The predicted octanol–water partition coefficient (Wildman–Crippen LogP) is 3.94. The van der Waals surface area contributed by atoms with Gasteiger partial charge in [-0.1, -0.05) is 34.1 Å². The maximum Gasteiger partial charge on any atom is 0.196 e. The monoisotopic (exact) mass is 343 g/mol. The summed E-state index contributed by atoms with van der Waals surface area (Å²) in [6.07, 6.45) is 0. The van der Waals surface area contributed by atoms with Crippen LogP contribution in [0.1, 0.15) is 22.7 Å². The lowest BCUT2D eigenvalue weighted by molar-refractivity contribution is 0.767. The number of halogens is 1. The highest BCUT2D eigenvalue weighted by Crippen LogP contribution is 2.32. The molecule has 1 heterocycles. The maximum absolute atomic E-state index is 6.11. The van der Waals surface area contributed by atoms with Crippen LogP contribution in [0, 0.1) is 13.8 Å². The molecule has 2 N–H and O–H groups in total. The molecule has 1 aliphatic heterocycles. The Kier molecular flexibility index (Phi) is 3.72. The van der Waals surface area contributed by atoms with Crippen molar-refractivity contribution in [2.45, 2.75) is 19.9 Å². The lowest BCUT2D eigenvalue weighted by Crippen LogP contribution is -2.36. The third kappa shape index (κ3) is 2.68. The Bertz CT molecular complexity index is 692. The fourth-order valence-corrected chi connectivity index (χ4v) is 2.90. The third-order valence-corrected chi connectivity index (χ3v) is 4.53. The Hall–Kier alpha value is -1.81. The first-order chi connectivity index (χ1) is 10.1. The summed E-state index contributed by atoms with van der Waals surface area (Å²) < 4.78 is 1.06. The first-order valence-corrected chi connectivity index (χ1v) is 7.77. The molecule has 0 spiro atoms. The van der Waals surface area contributed by atoms with Crippen LogP contribution < -0.4 is 10.6 Å². The van der Waals surface area contributed by atoms with E-state index < -0.39 is 0 Å². The summed E-state index contributed by atoms with van der Waals surface area (Å²) in [5.74, 6) is 0.584. The summed E-state index contributed by atoms with van der Waals surface area (Å²) in [6.45, 7) is 4.97. The molecule has 1 unspecified atom stereocenters. The maximum atomic E-state index is 6.11. The van der Waals surface area contributed by atoms with Gasteiger partial charge < -0.3 is 10.6 Å². The van der Waals surface area contributed by atoms with E-state index in [1.54, 1.807) is 0 Å². The molecule has 0 aromatic heterocycles. The van der Waals surface area contributed by atoms with Crippen LogP contribution in [-0.2, 0) is 0 Å². The van der Waals surface area contributed by atoms with Crippen molar-refractivity contribution >= 4 is 27.6 Å². The second-order valence-electron chi connectivity index (χ2n) is 5.40. The van der Waals surface area contributed by atoms with Gasteiger partial charge in [0, 0.05) is 10.2 Å². The number of rotatable bonds is 2. The Morgan fingerprint density at radius 2 is 1.81 bits per heavy atom. The van der Waals surface area contributed by atoms with Crippen LogP contribution in [0.25, 0.3) is 0 Å². The molecular formula is C17H18BrN3. The van der Waals surface area contributed by atoms with Gasteiger partial charge in [-0.05, 0) is 54.8 Å². The largest absolute Gasteiger partial charge is 0.369 e. The van der Waals surface area contributed by atoms with Gasteiger partial charge in [0.05, 0.1) is 12.6 Å². The van der Waals surface area contributed by atoms with Gasteiger partial charge in [0.2, 0.25) is 0 Å². The molecule has 1 aliphatic rings. The second-order valence-corrected chi connectivity index (χ2v) is 6.32. The van der Waals surface area contributed by atoms with Crippen molar-refractivity contribution in [2.24, 2.45) is 10.7 Å². The van der Waals surface area contributed by atoms with Gasteiger partial charge in [-0.25, -0.2) is 0 Å². The zero-order chi connectivity index (χ0) is 15.0. The molecule has 0 fully saturated rings. The summed E-state index contributed by atoms with van der Waals surface area (Å²) in [5.41, 5.74) is 11.0. The van der Waals surface area contributed by atoms with Crippen molar-refractivity contribution in [3.05, 3.63) is 63.6 Å². The van der Waals surface area contributed by atoms with E-state index in [0.717, 1.165) is 10.2 Å². The van der Waals surface area contributed by atoms with Gasteiger partial charge >= 0.3 is 0 Å². The van der Waals surface area contributed by atoms with E-state index in [4.69, 9.17) is 5.73 Å². The van der Waals surface area contributed by atoms with Gasteiger partial charge in [0.15, 0.2) is 5.96 Å². The van der Waals surface area contributed by atoms with E-state index in [1.165, 1.54) is 16.7 Å². The average molecular weight is 344 g/mol. The number of hydrogen-bond acceptors (Lipinski definition) is 3. The average Bonchev–Trinajstić information content (AvgIpc) is 2.85. The van der Waals surface area contributed by atoms with Crippen molar-refractivity contribution in [3.8, 4) is 0 Å². The number of aryl methyl sites for hydroxylation is 2. The van der Waals surface area contributed by atoms with Crippen molar-refractivity contribution < 1.29 is 0 Å². The van der Waals surface area contributed by atoms with Gasteiger partial charge in [0.1, 0.15) is 0 Å². The number of benzene rings is 2. The van der Waals surface area contributed by atoms with Gasteiger partial charge in [-0.15, -0.1) is 0 Å². The fourth-order valence-electron chi connectivity index (χ4n) is 2.64. The van der Waals surface area contributed by atoms with Crippen LogP contribution in [-0.4, -0.2) is 12.5 Å². The molecule has 1 atom stereocenters. The summed E-state index contributed by atoms with van der Waals surface area (Å²) in [5, 5.41) is 0. The topological polar surface area (TPSA) is 41.6 Å². The summed E-state index contributed by atoms with van der Waals surface area (Å²) in [6, 6.07) is 14.9. The van der Waals surface area contributed by atoms with E-state index in [-0.39, 0.29) is 6.04 Å². The van der Waals surface area contributed by atoms with Gasteiger partial charge in [-0.2, -0.15) is 0 Å². The van der Waals surface area contributed by atoms with Crippen LogP contribution in [0.2, 0.25) is 0 Å².